The van der Waals surface area contributed by atoms with E-state index < -0.39 is 24.8 Å². The third-order valence-electron chi connectivity index (χ3n) is 3.50. The second kappa shape index (κ2) is 7.10. The van der Waals surface area contributed by atoms with Crippen LogP contribution < -0.4 is 10.6 Å². The molecular formula is C14H20F3N5O2. The average Bonchev–Trinajstić information content (AvgIpc) is 2.85. The lowest BCUT2D eigenvalue weighted by Gasteiger charge is -2.35. The number of amides is 3. The van der Waals surface area contributed by atoms with E-state index in [1.54, 1.807) is 0 Å². The molecule has 134 valence electrons. The largest absolute Gasteiger partial charge is 0.408 e. The zero-order valence-corrected chi connectivity index (χ0v) is 13.4. The van der Waals surface area contributed by atoms with Crippen LogP contribution in [-0.4, -0.2) is 51.9 Å². The van der Waals surface area contributed by atoms with Crippen molar-refractivity contribution in [3.63, 3.8) is 0 Å². The molecule has 0 spiro atoms. The molecule has 10 heteroatoms. The van der Waals surface area contributed by atoms with Crippen LogP contribution in [0.4, 0.5) is 23.8 Å². The minimum Gasteiger partial charge on any atom is -0.353 e. The molecular weight excluding hydrogens is 327 g/mol. The van der Waals surface area contributed by atoms with Gasteiger partial charge in [-0.3, -0.25) is 14.8 Å². The Morgan fingerprint density at radius 2 is 2.21 bits per heavy atom. The Labute approximate surface area is 137 Å². The molecule has 1 aliphatic rings. The molecule has 1 fully saturated rings. The van der Waals surface area contributed by atoms with E-state index in [9.17, 15) is 22.8 Å². The van der Waals surface area contributed by atoms with Crippen molar-refractivity contribution in [3.8, 4) is 0 Å². The number of rotatable bonds is 4. The first-order valence-electron chi connectivity index (χ1n) is 7.61. The molecule has 0 unspecified atom stereocenters. The molecule has 2 N–H and O–H groups in total. The summed E-state index contributed by atoms with van der Waals surface area (Å²) in [5.74, 6) is -0.00799. The van der Waals surface area contributed by atoms with Crippen LogP contribution in [0.5, 0.6) is 0 Å². The summed E-state index contributed by atoms with van der Waals surface area (Å²) in [6.45, 7) is 3.32. The number of anilines is 1. The molecule has 2 rings (SSSR count). The fourth-order valence-corrected chi connectivity index (χ4v) is 2.52. The van der Waals surface area contributed by atoms with E-state index >= 15 is 0 Å². The number of hydrogen-bond donors (Lipinski definition) is 2. The molecule has 0 aromatic carbocycles. The summed E-state index contributed by atoms with van der Waals surface area (Å²) in [6.07, 6.45) is -2.75. The Kier molecular flexibility index (Phi) is 5.35. The van der Waals surface area contributed by atoms with Gasteiger partial charge in [-0.25, -0.2) is 4.79 Å². The number of carbonyl (C=O) groups excluding carboxylic acids is 2. The van der Waals surface area contributed by atoms with Gasteiger partial charge in [0, 0.05) is 25.4 Å². The lowest BCUT2D eigenvalue weighted by Crippen LogP contribution is -2.58. The van der Waals surface area contributed by atoms with Crippen molar-refractivity contribution < 1.29 is 22.8 Å². The highest BCUT2D eigenvalue weighted by molar-refractivity contribution is 5.94. The number of alkyl halides is 3. The summed E-state index contributed by atoms with van der Waals surface area (Å²) < 4.78 is 37.7. The SMILES string of the molecule is CC(C)C[C@H]1C(=O)NCCN1C(=O)Nc1ccn(CC(F)(F)F)n1. The summed E-state index contributed by atoms with van der Waals surface area (Å²) in [7, 11) is 0. The number of hydrogen-bond acceptors (Lipinski definition) is 3. The predicted molar refractivity (Wildman–Crippen MR) is 80.3 cm³/mol. The first-order chi connectivity index (χ1) is 11.2. The van der Waals surface area contributed by atoms with Gasteiger partial charge in [-0.15, -0.1) is 0 Å². The lowest BCUT2D eigenvalue weighted by molar-refractivity contribution is -0.142. The van der Waals surface area contributed by atoms with E-state index in [0.29, 0.717) is 24.2 Å². The van der Waals surface area contributed by atoms with Gasteiger partial charge < -0.3 is 10.2 Å². The summed E-state index contributed by atoms with van der Waals surface area (Å²) >= 11 is 0. The molecule has 0 aliphatic carbocycles. The van der Waals surface area contributed by atoms with Gasteiger partial charge in [-0.1, -0.05) is 13.8 Å². The number of nitrogens with zero attached hydrogens (tertiary/aromatic N) is 3. The van der Waals surface area contributed by atoms with Crippen LogP contribution in [0.1, 0.15) is 20.3 Å². The van der Waals surface area contributed by atoms with Crippen LogP contribution in [0.15, 0.2) is 12.3 Å². The molecule has 1 aromatic rings. The first kappa shape index (κ1) is 18.1. The minimum atomic E-state index is -4.39. The van der Waals surface area contributed by atoms with E-state index in [2.05, 4.69) is 15.7 Å². The van der Waals surface area contributed by atoms with Crippen molar-refractivity contribution >= 4 is 17.8 Å². The summed E-state index contributed by atoms with van der Waals surface area (Å²) in [4.78, 5) is 25.7. The molecule has 0 radical (unpaired) electrons. The number of carbonyl (C=O) groups is 2. The van der Waals surface area contributed by atoms with Gasteiger partial charge in [-0.05, 0) is 12.3 Å². The van der Waals surface area contributed by atoms with Gasteiger partial charge in [0.1, 0.15) is 12.6 Å². The zero-order valence-electron chi connectivity index (χ0n) is 13.4. The van der Waals surface area contributed by atoms with E-state index in [4.69, 9.17) is 0 Å². The van der Waals surface area contributed by atoms with Crippen LogP contribution in [0.25, 0.3) is 0 Å². The maximum Gasteiger partial charge on any atom is 0.408 e. The number of nitrogens with one attached hydrogen (secondary N) is 2. The fourth-order valence-electron chi connectivity index (χ4n) is 2.52. The molecule has 2 heterocycles. The lowest BCUT2D eigenvalue weighted by atomic mass is 10.0. The van der Waals surface area contributed by atoms with Crippen molar-refractivity contribution in [3.05, 3.63) is 12.3 Å². The Hall–Kier alpha value is -2.26. The normalized spacial score (nSPS) is 18.7. The minimum absolute atomic E-state index is 0.0125. The second-order valence-corrected chi connectivity index (χ2v) is 6.07. The molecule has 0 saturated carbocycles. The van der Waals surface area contributed by atoms with Gasteiger partial charge >= 0.3 is 12.2 Å². The van der Waals surface area contributed by atoms with Gasteiger partial charge in [0.25, 0.3) is 0 Å². The van der Waals surface area contributed by atoms with E-state index in [-0.39, 0.29) is 17.6 Å². The third kappa shape index (κ3) is 4.87. The second-order valence-electron chi connectivity index (χ2n) is 6.07. The number of piperazine rings is 1. The topological polar surface area (TPSA) is 79.3 Å². The van der Waals surface area contributed by atoms with Crippen LogP contribution in [-0.2, 0) is 11.3 Å². The zero-order chi connectivity index (χ0) is 17.9. The molecule has 0 bridgehead atoms. The number of halogens is 3. The highest BCUT2D eigenvalue weighted by Crippen LogP contribution is 2.19. The summed E-state index contributed by atoms with van der Waals surface area (Å²) in [5.41, 5.74) is 0. The van der Waals surface area contributed by atoms with Crippen molar-refractivity contribution in [2.75, 3.05) is 18.4 Å². The fraction of sp³-hybridized carbons (Fsp3) is 0.643. The molecule has 1 aromatic heterocycles. The molecule has 3 amide bonds. The maximum absolute atomic E-state index is 12.4. The maximum atomic E-state index is 12.4. The quantitative estimate of drug-likeness (QED) is 0.872. The molecule has 1 aliphatic heterocycles. The standard InChI is InChI=1S/C14H20F3N5O2/c1-9(2)7-10-12(23)18-4-6-22(10)13(24)19-11-3-5-21(20-11)8-14(15,16)17/h3,5,9-10H,4,6-8H2,1-2H3,(H,18,23)(H,19,20,24)/t10-/m0/s1. The average molecular weight is 347 g/mol. The van der Waals surface area contributed by atoms with Crippen LogP contribution >= 0.6 is 0 Å². The number of aromatic nitrogens is 2. The van der Waals surface area contributed by atoms with E-state index in [1.165, 1.54) is 11.0 Å². The van der Waals surface area contributed by atoms with Gasteiger partial charge in [-0.2, -0.15) is 18.3 Å². The highest BCUT2D eigenvalue weighted by Gasteiger charge is 2.34. The van der Waals surface area contributed by atoms with Gasteiger partial charge in [0.15, 0.2) is 5.82 Å². The van der Waals surface area contributed by atoms with Crippen LogP contribution in [0, 0.1) is 5.92 Å². The smallest absolute Gasteiger partial charge is 0.353 e. The first-order valence-corrected chi connectivity index (χ1v) is 7.61. The summed E-state index contributed by atoms with van der Waals surface area (Å²) in [6, 6.07) is 0.134. The molecule has 7 nitrogen and oxygen atoms in total. The van der Waals surface area contributed by atoms with Crippen molar-refractivity contribution in [1.82, 2.24) is 20.0 Å². The van der Waals surface area contributed by atoms with Crippen LogP contribution in [0.2, 0.25) is 0 Å². The Bertz CT molecular complexity index is 599. The van der Waals surface area contributed by atoms with Gasteiger partial charge in [0.2, 0.25) is 5.91 Å². The molecule has 1 atom stereocenters. The van der Waals surface area contributed by atoms with E-state index in [1.807, 2.05) is 13.8 Å². The Morgan fingerprint density at radius 1 is 1.50 bits per heavy atom. The monoisotopic (exact) mass is 347 g/mol. The van der Waals surface area contributed by atoms with Crippen molar-refractivity contribution in [2.45, 2.75) is 39.0 Å². The number of urea groups is 1. The van der Waals surface area contributed by atoms with Crippen molar-refractivity contribution in [2.24, 2.45) is 5.92 Å². The molecule has 1 saturated heterocycles. The predicted octanol–water partition coefficient (Wildman–Crippen LogP) is 1.82. The Morgan fingerprint density at radius 3 is 2.83 bits per heavy atom. The third-order valence-corrected chi connectivity index (χ3v) is 3.50. The van der Waals surface area contributed by atoms with Crippen LogP contribution in [0.3, 0.4) is 0 Å². The van der Waals surface area contributed by atoms with Crippen molar-refractivity contribution in [1.29, 1.82) is 0 Å². The molecule has 24 heavy (non-hydrogen) atoms. The summed E-state index contributed by atoms with van der Waals surface area (Å²) in [5, 5.41) is 8.83. The Balaban J connectivity index is 2.03. The van der Waals surface area contributed by atoms with Gasteiger partial charge in [0.05, 0.1) is 0 Å². The highest BCUT2D eigenvalue weighted by atomic mass is 19.4. The van der Waals surface area contributed by atoms with E-state index in [0.717, 1.165) is 6.20 Å².